The molecule has 4 rings (SSSR count). The quantitative estimate of drug-likeness (QED) is 0.813. The molecule has 1 fully saturated rings. The molecule has 30 heavy (non-hydrogen) atoms. The Hall–Kier alpha value is -3.29. The normalized spacial score (nSPS) is 16.8. The van der Waals surface area contributed by atoms with Crippen LogP contribution >= 0.6 is 0 Å². The molecule has 2 aromatic carbocycles. The van der Waals surface area contributed by atoms with Crippen LogP contribution in [-0.4, -0.2) is 42.7 Å². The number of carbonyl (C=O) groups is 2. The Morgan fingerprint density at radius 3 is 2.53 bits per heavy atom. The van der Waals surface area contributed by atoms with Crippen molar-refractivity contribution < 1.29 is 28.2 Å². The number of carbonyl (C=O) groups excluding carboxylic acids is 2. The molecule has 7 nitrogen and oxygen atoms in total. The van der Waals surface area contributed by atoms with Crippen molar-refractivity contribution in [2.24, 2.45) is 5.92 Å². The van der Waals surface area contributed by atoms with Crippen LogP contribution in [0.2, 0.25) is 0 Å². The molecule has 0 spiro atoms. The van der Waals surface area contributed by atoms with Gasteiger partial charge in [0, 0.05) is 30.8 Å². The highest BCUT2D eigenvalue weighted by atomic mass is 19.1. The number of nitrogens with zero attached hydrogens (tertiary/aromatic N) is 1. The van der Waals surface area contributed by atoms with Crippen LogP contribution in [-0.2, 0) is 9.59 Å². The summed E-state index contributed by atoms with van der Waals surface area (Å²) in [6.45, 7) is 2.82. The number of piperidine rings is 1. The zero-order valence-electron chi connectivity index (χ0n) is 16.6. The third-order valence-electron chi connectivity index (χ3n) is 5.29. The lowest BCUT2D eigenvalue weighted by Gasteiger charge is -2.33. The molecule has 2 aliphatic heterocycles. The highest BCUT2D eigenvalue weighted by Crippen LogP contribution is 2.34. The maximum Gasteiger partial charge on any atom is 0.263 e. The number of halogens is 1. The Balaban J connectivity index is 1.27. The molecule has 8 heteroatoms. The van der Waals surface area contributed by atoms with E-state index in [4.69, 9.17) is 14.2 Å². The molecule has 1 N–H and O–H groups in total. The Bertz CT molecular complexity index is 926. The molecule has 1 saturated heterocycles. The molecular formula is C22H23FN2O5. The maximum absolute atomic E-state index is 13.0. The fourth-order valence-corrected chi connectivity index (χ4v) is 3.61. The maximum atomic E-state index is 13.0. The van der Waals surface area contributed by atoms with Crippen LogP contribution in [0.25, 0.3) is 0 Å². The number of amides is 2. The van der Waals surface area contributed by atoms with Gasteiger partial charge in [-0.25, -0.2) is 4.39 Å². The van der Waals surface area contributed by atoms with Crippen molar-refractivity contribution >= 4 is 17.5 Å². The van der Waals surface area contributed by atoms with E-state index >= 15 is 0 Å². The highest BCUT2D eigenvalue weighted by Gasteiger charge is 2.30. The van der Waals surface area contributed by atoms with Crippen LogP contribution in [0.15, 0.2) is 42.5 Å². The number of hydrogen-bond donors (Lipinski definition) is 1. The van der Waals surface area contributed by atoms with Gasteiger partial charge in [0.2, 0.25) is 12.7 Å². The second kappa shape index (κ2) is 8.61. The van der Waals surface area contributed by atoms with Crippen molar-refractivity contribution in [2.75, 3.05) is 25.2 Å². The second-order valence-corrected chi connectivity index (χ2v) is 7.37. The fraction of sp³-hybridized carbons (Fsp3) is 0.364. The van der Waals surface area contributed by atoms with Gasteiger partial charge in [-0.1, -0.05) is 0 Å². The van der Waals surface area contributed by atoms with Crippen LogP contribution in [0, 0.1) is 11.7 Å². The van der Waals surface area contributed by atoms with Gasteiger partial charge in [0.15, 0.2) is 17.6 Å². The fourth-order valence-electron chi connectivity index (χ4n) is 3.61. The van der Waals surface area contributed by atoms with Gasteiger partial charge in [-0.15, -0.1) is 0 Å². The molecular weight excluding hydrogens is 391 g/mol. The van der Waals surface area contributed by atoms with Crippen LogP contribution in [0.1, 0.15) is 19.8 Å². The summed E-state index contributed by atoms with van der Waals surface area (Å²) in [5.41, 5.74) is 0.657. The molecule has 1 unspecified atom stereocenters. The van der Waals surface area contributed by atoms with E-state index in [-0.39, 0.29) is 30.3 Å². The molecule has 0 radical (unpaired) electrons. The van der Waals surface area contributed by atoms with E-state index in [1.807, 2.05) is 0 Å². The summed E-state index contributed by atoms with van der Waals surface area (Å²) >= 11 is 0. The van der Waals surface area contributed by atoms with Crippen molar-refractivity contribution in [3.63, 3.8) is 0 Å². The number of rotatable bonds is 5. The van der Waals surface area contributed by atoms with Gasteiger partial charge in [0.1, 0.15) is 11.6 Å². The summed E-state index contributed by atoms with van der Waals surface area (Å²) in [6, 6.07) is 10.8. The predicted octanol–water partition coefficient (Wildman–Crippen LogP) is 3.20. The van der Waals surface area contributed by atoms with Crippen molar-refractivity contribution in [1.82, 2.24) is 4.90 Å². The number of ether oxygens (including phenoxy) is 3. The number of anilines is 1. The van der Waals surface area contributed by atoms with Gasteiger partial charge in [-0.3, -0.25) is 9.59 Å². The molecule has 2 heterocycles. The van der Waals surface area contributed by atoms with Gasteiger partial charge in [-0.2, -0.15) is 0 Å². The number of fused-ring (bicyclic) bond motifs is 1. The largest absolute Gasteiger partial charge is 0.481 e. The Morgan fingerprint density at radius 2 is 1.80 bits per heavy atom. The first-order chi connectivity index (χ1) is 14.5. The van der Waals surface area contributed by atoms with Gasteiger partial charge in [0.25, 0.3) is 5.91 Å². The van der Waals surface area contributed by atoms with Crippen molar-refractivity contribution in [3.8, 4) is 17.2 Å². The minimum Gasteiger partial charge on any atom is -0.481 e. The Labute approximate surface area is 173 Å². The Kier molecular flexibility index (Phi) is 5.74. The molecule has 0 aliphatic carbocycles. The van der Waals surface area contributed by atoms with Crippen LogP contribution < -0.4 is 19.5 Å². The molecule has 2 aliphatic rings. The van der Waals surface area contributed by atoms with Crippen LogP contribution in [0.5, 0.6) is 17.2 Å². The first kappa shape index (κ1) is 20.0. The van der Waals surface area contributed by atoms with E-state index in [0.29, 0.717) is 48.9 Å². The standard InChI is InChI=1S/C22H23FN2O5/c1-14(30-18-5-2-16(23)3-6-18)22(27)25-10-8-15(9-11-25)21(26)24-17-4-7-19-20(12-17)29-13-28-19/h2-7,12,14-15H,8-11,13H2,1H3,(H,24,26). The molecule has 0 bridgehead atoms. The van der Waals surface area contributed by atoms with Gasteiger partial charge < -0.3 is 24.4 Å². The molecule has 0 saturated carbocycles. The van der Waals surface area contributed by atoms with E-state index in [1.165, 1.54) is 24.3 Å². The van der Waals surface area contributed by atoms with E-state index in [9.17, 15) is 14.0 Å². The van der Waals surface area contributed by atoms with Crippen LogP contribution in [0.3, 0.4) is 0 Å². The molecule has 0 aromatic heterocycles. The lowest BCUT2D eigenvalue weighted by atomic mass is 9.95. The zero-order valence-corrected chi connectivity index (χ0v) is 16.6. The summed E-state index contributed by atoms with van der Waals surface area (Å²) in [6.07, 6.45) is 0.464. The SMILES string of the molecule is CC(Oc1ccc(F)cc1)C(=O)N1CCC(C(=O)Nc2ccc3c(c2)OCO3)CC1. The first-order valence-corrected chi connectivity index (χ1v) is 9.91. The summed E-state index contributed by atoms with van der Waals surface area (Å²) in [4.78, 5) is 27.0. The van der Waals surface area contributed by atoms with Crippen LogP contribution in [0.4, 0.5) is 10.1 Å². The zero-order chi connectivity index (χ0) is 21.1. The van der Waals surface area contributed by atoms with Gasteiger partial charge >= 0.3 is 0 Å². The molecule has 1 atom stereocenters. The molecule has 2 amide bonds. The first-order valence-electron chi connectivity index (χ1n) is 9.91. The van der Waals surface area contributed by atoms with E-state index in [1.54, 1.807) is 30.0 Å². The predicted molar refractivity (Wildman–Crippen MR) is 107 cm³/mol. The van der Waals surface area contributed by atoms with Crippen molar-refractivity contribution in [2.45, 2.75) is 25.9 Å². The number of nitrogens with one attached hydrogen (secondary N) is 1. The summed E-state index contributed by atoms with van der Waals surface area (Å²) in [7, 11) is 0. The lowest BCUT2D eigenvalue weighted by Crippen LogP contribution is -2.46. The molecule has 2 aromatic rings. The lowest BCUT2D eigenvalue weighted by molar-refractivity contribution is -0.140. The summed E-state index contributed by atoms with van der Waals surface area (Å²) in [5.74, 6) is 0.969. The minimum absolute atomic E-state index is 0.0726. The highest BCUT2D eigenvalue weighted by molar-refractivity contribution is 5.93. The molecule has 158 valence electrons. The average Bonchev–Trinajstić information content (AvgIpc) is 3.23. The van der Waals surface area contributed by atoms with Gasteiger partial charge in [-0.05, 0) is 56.2 Å². The third kappa shape index (κ3) is 4.48. The Morgan fingerprint density at radius 1 is 1.10 bits per heavy atom. The minimum atomic E-state index is -0.686. The average molecular weight is 414 g/mol. The van der Waals surface area contributed by atoms with E-state index < -0.39 is 6.10 Å². The van der Waals surface area contributed by atoms with E-state index in [0.717, 1.165) is 0 Å². The second-order valence-electron chi connectivity index (χ2n) is 7.37. The van der Waals surface area contributed by atoms with E-state index in [2.05, 4.69) is 5.32 Å². The smallest absolute Gasteiger partial charge is 0.263 e. The number of likely N-dealkylation sites (tertiary alicyclic amines) is 1. The number of hydrogen-bond acceptors (Lipinski definition) is 5. The summed E-state index contributed by atoms with van der Waals surface area (Å²) in [5, 5.41) is 2.91. The number of benzene rings is 2. The van der Waals surface area contributed by atoms with Crippen molar-refractivity contribution in [1.29, 1.82) is 0 Å². The topological polar surface area (TPSA) is 77.1 Å². The third-order valence-corrected chi connectivity index (χ3v) is 5.29. The van der Waals surface area contributed by atoms with Gasteiger partial charge in [0.05, 0.1) is 0 Å². The monoisotopic (exact) mass is 414 g/mol. The van der Waals surface area contributed by atoms with Crippen molar-refractivity contribution in [3.05, 3.63) is 48.3 Å². The summed E-state index contributed by atoms with van der Waals surface area (Å²) < 4.78 is 29.2.